The number of hydrogen-bond donors (Lipinski definition) is 1. The largest absolute Gasteiger partial charge is 0.423 e. The molecule has 2 aromatic heterocycles. The molecule has 1 aliphatic heterocycles. The number of fused-ring (bicyclic) bond motifs is 2. The van der Waals surface area contributed by atoms with E-state index in [2.05, 4.69) is 27.4 Å². The summed E-state index contributed by atoms with van der Waals surface area (Å²) in [5.74, 6) is 1.09. The van der Waals surface area contributed by atoms with E-state index in [9.17, 15) is 9.18 Å². The van der Waals surface area contributed by atoms with Gasteiger partial charge in [0.15, 0.2) is 0 Å². The molecule has 1 aliphatic carbocycles. The van der Waals surface area contributed by atoms with Crippen LogP contribution in [-0.4, -0.2) is 32.2 Å². The summed E-state index contributed by atoms with van der Waals surface area (Å²) in [7, 11) is 0. The first-order chi connectivity index (χ1) is 14.9. The number of aromatic nitrogens is 3. The molecule has 3 atom stereocenters. The van der Waals surface area contributed by atoms with Gasteiger partial charge in [0.2, 0.25) is 11.8 Å². The molecular formula is C23H24FN5O2. The summed E-state index contributed by atoms with van der Waals surface area (Å²) in [5.41, 5.74) is 2.56. The zero-order valence-corrected chi connectivity index (χ0v) is 17.7. The van der Waals surface area contributed by atoms with Gasteiger partial charge < -0.3 is 14.6 Å². The molecule has 3 aromatic rings. The molecule has 3 heterocycles. The second-order valence-electron chi connectivity index (χ2n) is 8.78. The lowest BCUT2D eigenvalue weighted by Gasteiger charge is -2.61. The van der Waals surface area contributed by atoms with Gasteiger partial charge in [-0.25, -0.2) is 9.18 Å². The molecule has 2 amide bonds. The van der Waals surface area contributed by atoms with Crippen molar-refractivity contribution >= 4 is 11.7 Å². The molecule has 2 bridgehead atoms. The number of nitrogens with zero attached hydrogens (tertiary/aromatic N) is 4. The highest BCUT2D eigenvalue weighted by molar-refractivity contribution is 5.92. The second kappa shape index (κ2) is 7.14. The predicted molar refractivity (Wildman–Crippen MR) is 113 cm³/mol. The summed E-state index contributed by atoms with van der Waals surface area (Å²) >= 11 is 0. The number of likely N-dealkylation sites (tertiary alicyclic amines) is 1. The van der Waals surface area contributed by atoms with Gasteiger partial charge in [0.05, 0.1) is 6.20 Å². The molecule has 160 valence electrons. The summed E-state index contributed by atoms with van der Waals surface area (Å²) in [6, 6.07) is 7.01. The summed E-state index contributed by atoms with van der Waals surface area (Å²) in [6.45, 7) is 5.90. The van der Waals surface area contributed by atoms with Gasteiger partial charge in [-0.15, -0.1) is 10.2 Å². The summed E-state index contributed by atoms with van der Waals surface area (Å²) < 4.78 is 19.4. The lowest BCUT2D eigenvalue weighted by atomic mass is 9.64. The van der Waals surface area contributed by atoms with Crippen molar-refractivity contribution in [2.24, 2.45) is 5.92 Å². The normalized spacial score (nSPS) is 24.6. The lowest BCUT2D eigenvalue weighted by Crippen LogP contribution is -2.70. The SMILES string of the molecule is Cc1nnc(C23CC(C)C[C@H](C2)N3C(=O)Nc2ccc(C)c(-c3cncc(F)c3)c2)o1. The summed E-state index contributed by atoms with van der Waals surface area (Å²) in [5, 5.41) is 11.3. The van der Waals surface area contributed by atoms with Gasteiger partial charge in [-0.3, -0.25) is 4.98 Å². The van der Waals surface area contributed by atoms with Gasteiger partial charge in [-0.1, -0.05) is 13.0 Å². The maximum Gasteiger partial charge on any atom is 0.323 e. The van der Waals surface area contributed by atoms with E-state index in [1.807, 2.05) is 30.0 Å². The second-order valence-corrected chi connectivity index (χ2v) is 8.78. The van der Waals surface area contributed by atoms with Crippen molar-refractivity contribution in [1.29, 1.82) is 0 Å². The number of aryl methyl sites for hydroxylation is 2. The molecule has 7 nitrogen and oxygen atoms in total. The number of amides is 2. The van der Waals surface area contributed by atoms with E-state index in [1.54, 1.807) is 13.1 Å². The van der Waals surface area contributed by atoms with Crippen LogP contribution >= 0.6 is 0 Å². The molecule has 2 aliphatic rings. The van der Waals surface area contributed by atoms with E-state index in [4.69, 9.17) is 4.42 Å². The molecule has 1 saturated carbocycles. The zero-order chi connectivity index (χ0) is 21.8. The Labute approximate surface area is 179 Å². The van der Waals surface area contributed by atoms with Gasteiger partial charge in [-0.2, -0.15) is 0 Å². The van der Waals surface area contributed by atoms with Gasteiger partial charge >= 0.3 is 6.03 Å². The average molecular weight is 421 g/mol. The minimum Gasteiger partial charge on any atom is -0.423 e. The van der Waals surface area contributed by atoms with Gasteiger partial charge in [0.25, 0.3) is 0 Å². The molecule has 1 N–H and O–H groups in total. The van der Waals surface area contributed by atoms with Crippen molar-refractivity contribution in [3.05, 3.63) is 59.8 Å². The summed E-state index contributed by atoms with van der Waals surface area (Å²) in [4.78, 5) is 19.1. The zero-order valence-electron chi connectivity index (χ0n) is 17.7. The Morgan fingerprint density at radius 1 is 1.23 bits per heavy atom. The third-order valence-corrected chi connectivity index (χ3v) is 6.41. The highest BCUT2D eigenvalue weighted by Crippen LogP contribution is 2.55. The van der Waals surface area contributed by atoms with Crippen LogP contribution in [-0.2, 0) is 5.54 Å². The molecule has 2 unspecified atom stereocenters. The number of anilines is 1. The van der Waals surface area contributed by atoms with Crippen molar-refractivity contribution in [2.75, 3.05) is 5.32 Å². The number of hydrogen-bond acceptors (Lipinski definition) is 5. The maximum absolute atomic E-state index is 13.7. The standard InChI is InChI=1S/C23H24FN5O2/c1-13-6-19-10-23(9-13,21-28-27-15(3)31-21)29(19)22(30)26-18-5-4-14(2)20(8-18)16-7-17(24)12-25-11-16/h4-5,7-8,11-13,19H,6,9-10H2,1-3H3,(H,26,30)/t13?,19-,23?/m1/s1. The number of carbonyl (C=O) groups excluding carboxylic acids is 1. The fraction of sp³-hybridized carbons (Fsp3) is 0.391. The number of piperidine rings is 1. The van der Waals surface area contributed by atoms with Crippen LogP contribution < -0.4 is 5.32 Å². The molecule has 5 rings (SSSR count). The fourth-order valence-electron chi connectivity index (χ4n) is 5.19. The van der Waals surface area contributed by atoms with E-state index in [1.165, 1.54) is 12.3 Å². The molecule has 31 heavy (non-hydrogen) atoms. The minimum atomic E-state index is -0.548. The van der Waals surface area contributed by atoms with Crippen LogP contribution in [0.3, 0.4) is 0 Å². The first-order valence-electron chi connectivity index (χ1n) is 10.5. The minimum absolute atomic E-state index is 0.147. The Kier molecular flexibility index (Phi) is 4.53. The van der Waals surface area contributed by atoms with Crippen molar-refractivity contribution in [3.63, 3.8) is 0 Å². The van der Waals surface area contributed by atoms with Crippen molar-refractivity contribution in [1.82, 2.24) is 20.1 Å². The van der Waals surface area contributed by atoms with E-state index < -0.39 is 11.4 Å². The van der Waals surface area contributed by atoms with E-state index in [0.717, 1.165) is 30.4 Å². The number of urea groups is 1. The van der Waals surface area contributed by atoms with E-state index in [-0.39, 0.29) is 12.1 Å². The molecule has 2 fully saturated rings. The number of benzene rings is 1. The van der Waals surface area contributed by atoms with Crippen LogP contribution in [0, 0.1) is 25.6 Å². The highest BCUT2D eigenvalue weighted by Gasteiger charge is 2.62. The van der Waals surface area contributed by atoms with Crippen molar-refractivity contribution < 1.29 is 13.6 Å². The van der Waals surface area contributed by atoms with E-state index >= 15 is 0 Å². The van der Waals surface area contributed by atoms with Crippen LogP contribution in [0.25, 0.3) is 11.1 Å². The third-order valence-electron chi connectivity index (χ3n) is 6.41. The molecule has 8 heteroatoms. The number of rotatable bonds is 3. The van der Waals surface area contributed by atoms with Crippen LogP contribution in [0.2, 0.25) is 0 Å². The Morgan fingerprint density at radius 3 is 2.81 bits per heavy atom. The Morgan fingerprint density at radius 2 is 2.06 bits per heavy atom. The number of halogens is 1. The summed E-state index contributed by atoms with van der Waals surface area (Å²) in [6.07, 6.45) is 5.38. The predicted octanol–water partition coefficient (Wildman–Crippen LogP) is 4.82. The van der Waals surface area contributed by atoms with Crippen LogP contribution in [0.15, 0.2) is 41.1 Å². The molecular weight excluding hydrogens is 397 g/mol. The van der Waals surface area contributed by atoms with Crippen molar-refractivity contribution in [2.45, 2.75) is 51.6 Å². The monoisotopic (exact) mass is 421 g/mol. The molecule has 0 spiro atoms. The van der Waals surface area contributed by atoms with Gasteiger partial charge in [0.1, 0.15) is 11.4 Å². The maximum atomic E-state index is 13.7. The Hall–Kier alpha value is -3.29. The van der Waals surface area contributed by atoms with Crippen LogP contribution in [0.1, 0.15) is 43.5 Å². The topological polar surface area (TPSA) is 84.2 Å². The Bertz CT molecular complexity index is 1160. The number of nitrogens with one attached hydrogen (secondary N) is 1. The third kappa shape index (κ3) is 3.26. The quantitative estimate of drug-likeness (QED) is 0.655. The molecule has 1 saturated heterocycles. The fourth-order valence-corrected chi connectivity index (χ4v) is 5.19. The van der Waals surface area contributed by atoms with Crippen LogP contribution in [0.4, 0.5) is 14.9 Å². The first-order valence-corrected chi connectivity index (χ1v) is 10.5. The molecule has 1 aromatic carbocycles. The van der Waals surface area contributed by atoms with Gasteiger partial charge in [0, 0.05) is 36.8 Å². The highest BCUT2D eigenvalue weighted by atomic mass is 19.1. The number of carbonyl (C=O) groups is 1. The Balaban J connectivity index is 1.43. The van der Waals surface area contributed by atoms with Gasteiger partial charge in [-0.05, 0) is 55.0 Å². The number of pyridine rings is 1. The molecule has 0 radical (unpaired) electrons. The van der Waals surface area contributed by atoms with E-state index in [0.29, 0.717) is 29.0 Å². The lowest BCUT2D eigenvalue weighted by molar-refractivity contribution is -0.110. The van der Waals surface area contributed by atoms with Crippen molar-refractivity contribution in [3.8, 4) is 11.1 Å². The first kappa shape index (κ1) is 19.7. The van der Waals surface area contributed by atoms with Crippen LogP contribution in [0.5, 0.6) is 0 Å². The smallest absolute Gasteiger partial charge is 0.323 e. The average Bonchev–Trinajstić information content (AvgIpc) is 3.15.